The van der Waals surface area contributed by atoms with Crippen molar-refractivity contribution >= 4 is 34.6 Å². The van der Waals surface area contributed by atoms with Crippen LogP contribution in [0, 0.1) is 5.92 Å². The first kappa shape index (κ1) is 22.1. The van der Waals surface area contributed by atoms with Gasteiger partial charge in [0.2, 0.25) is 17.7 Å². The average Bonchev–Trinajstić information content (AvgIpc) is 3.36. The molecule has 5 rings (SSSR count). The molecule has 0 atom stereocenters. The Balaban J connectivity index is 1.12. The second kappa shape index (κ2) is 8.60. The van der Waals surface area contributed by atoms with E-state index in [-0.39, 0.29) is 42.5 Å². The third kappa shape index (κ3) is 4.98. The van der Waals surface area contributed by atoms with Crippen LogP contribution in [0.5, 0.6) is 0 Å². The number of anilines is 1. The van der Waals surface area contributed by atoms with Gasteiger partial charge in [0.05, 0.1) is 6.10 Å². The Morgan fingerprint density at radius 1 is 1.06 bits per heavy atom. The molecule has 0 aliphatic heterocycles. The number of carbonyl (C=O) groups is 1. The monoisotopic (exact) mass is 484 g/mol. The molecule has 12 heteroatoms. The number of hydrogen-bond acceptors (Lipinski definition) is 7. The molecule has 2 aliphatic carbocycles. The molecule has 2 saturated carbocycles. The Morgan fingerprint density at radius 3 is 2.45 bits per heavy atom. The van der Waals surface area contributed by atoms with Crippen molar-refractivity contribution in [3.05, 3.63) is 35.0 Å². The Kier molecular flexibility index (Phi) is 5.77. The lowest BCUT2D eigenvalue weighted by atomic mass is 9.81. The molecule has 0 bridgehead atoms. The molecule has 176 valence electrons. The summed E-state index contributed by atoms with van der Waals surface area (Å²) in [5.74, 6) is 0.260. The molecule has 2 heterocycles. The Hall–Kier alpha value is -2.66. The molecule has 0 unspecified atom stereocenters. The van der Waals surface area contributed by atoms with Gasteiger partial charge in [-0.3, -0.25) is 14.8 Å². The molecule has 0 saturated heterocycles. The first-order valence-corrected chi connectivity index (χ1v) is 11.1. The largest absolute Gasteiger partial charge is 0.522 e. The third-order valence-electron chi connectivity index (χ3n) is 6.23. The van der Waals surface area contributed by atoms with Gasteiger partial charge >= 0.3 is 12.4 Å². The molecule has 0 spiro atoms. The van der Waals surface area contributed by atoms with Gasteiger partial charge in [-0.15, -0.1) is 23.4 Å². The molecule has 33 heavy (non-hydrogen) atoms. The zero-order valence-electron chi connectivity index (χ0n) is 17.3. The van der Waals surface area contributed by atoms with Gasteiger partial charge in [-0.05, 0) is 56.7 Å². The van der Waals surface area contributed by atoms with Crippen molar-refractivity contribution in [2.75, 3.05) is 5.32 Å². The van der Waals surface area contributed by atoms with Gasteiger partial charge in [-0.1, -0.05) is 11.6 Å². The zero-order valence-corrected chi connectivity index (χ0v) is 18.0. The van der Waals surface area contributed by atoms with Gasteiger partial charge in [0.15, 0.2) is 5.58 Å². The van der Waals surface area contributed by atoms with Crippen LogP contribution < -0.4 is 5.32 Å². The van der Waals surface area contributed by atoms with Gasteiger partial charge in [-0.25, -0.2) is 0 Å². The number of oxazole rings is 1. The van der Waals surface area contributed by atoms with Gasteiger partial charge < -0.3 is 8.83 Å². The second-order valence-electron chi connectivity index (χ2n) is 8.50. The van der Waals surface area contributed by atoms with Crippen LogP contribution in [0.2, 0.25) is 5.02 Å². The summed E-state index contributed by atoms with van der Waals surface area (Å²) < 4.78 is 52.1. The fourth-order valence-corrected chi connectivity index (χ4v) is 4.56. The summed E-state index contributed by atoms with van der Waals surface area (Å²) >= 11 is 5.95. The van der Waals surface area contributed by atoms with Crippen molar-refractivity contribution in [1.82, 2.24) is 15.2 Å². The number of ether oxygens (including phenoxy) is 1. The highest BCUT2D eigenvalue weighted by atomic mass is 35.5. The quantitative estimate of drug-likeness (QED) is 0.505. The lowest BCUT2D eigenvalue weighted by molar-refractivity contribution is -0.352. The summed E-state index contributed by atoms with van der Waals surface area (Å²) in [5, 5.41) is 11.4. The molecule has 1 aromatic carbocycles. The van der Waals surface area contributed by atoms with Crippen LogP contribution in [0.4, 0.5) is 19.2 Å². The maximum absolute atomic E-state index is 12.6. The number of amides is 1. The van der Waals surface area contributed by atoms with Crippen LogP contribution in [-0.2, 0) is 9.53 Å². The summed E-state index contributed by atoms with van der Waals surface area (Å²) in [7, 11) is 0. The summed E-state index contributed by atoms with van der Waals surface area (Å²) in [5.41, 5.74) is 1.10. The van der Waals surface area contributed by atoms with Crippen molar-refractivity contribution in [2.24, 2.45) is 5.92 Å². The van der Waals surface area contributed by atoms with Gasteiger partial charge in [-0.2, -0.15) is 4.98 Å². The molecule has 3 aromatic rings. The first-order valence-electron chi connectivity index (χ1n) is 10.7. The maximum Gasteiger partial charge on any atom is 0.522 e. The molecular weight excluding hydrogens is 465 g/mol. The van der Waals surface area contributed by atoms with E-state index in [0.29, 0.717) is 53.6 Å². The highest BCUT2D eigenvalue weighted by Crippen LogP contribution is 2.42. The highest BCUT2D eigenvalue weighted by molar-refractivity contribution is 6.31. The van der Waals surface area contributed by atoms with Gasteiger partial charge in [0, 0.05) is 22.8 Å². The van der Waals surface area contributed by atoms with E-state index in [9.17, 15) is 18.0 Å². The SMILES string of the molecule is O=C(Nc1nc2cc(Cl)ccc2o1)C1CCC(c2nnc(C3CC(OC(F)(F)F)C3)o2)CC1. The topological polar surface area (TPSA) is 103 Å². The predicted molar refractivity (Wildman–Crippen MR) is 110 cm³/mol. The van der Waals surface area contributed by atoms with Crippen LogP contribution in [0.3, 0.4) is 0 Å². The van der Waals surface area contributed by atoms with Crippen LogP contribution >= 0.6 is 11.6 Å². The number of aromatic nitrogens is 3. The van der Waals surface area contributed by atoms with E-state index in [1.54, 1.807) is 18.2 Å². The Bertz CT molecular complexity index is 1150. The number of nitrogens with one attached hydrogen (secondary N) is 1. The van der Waals surface area contributed by atoms with E-state index in [1.165, 1.54) is 0 Å². The molecule has 0 radical (unpaired) electrons. The summed E-state index contributed by atoms with van der Waals surface area (Å²) in [6.45, 7) is 0. The van der Waals surface area contributed by atoms with E-state index < -0.39 is 12.5 Å². The van der Waals surface area contributed by atoms with Crippen molar-refractivity contribution in [3.8, 4) is 0 Å². The van der Waals surface area contributed by atoms with Crippen LogP contribution in [0.15, 0.2) is 27.0 Å². The van der Waals surface area contributed by atoms with E-state index in [2.05, 4.69) is 25.2 Å². The molecule has 8 nitrogen and oxygen atoms in total. The van der Waals surface area contributed by atoms with Crippen molar-refractivity contribution < 1.29 is 31.5 Å². The number of benzene rings is 1. The molecule has 2 aliphatic rings. The Morgan fingerprint density at radius 2 is 1.76 bits per heavy atom. The van der Waals surface area contributed by atoms with Crippen LogP contribution in [-0.4, -0.2) is 33.6 Å². The predicted octanol–water partition coefficient (Wildman–Crippen LogP) is 5.56. The summed E-state index contributed by atoms with van der Waals surface area (Å²) in [6, 6.07) is 5.17. The minimum Gasteiger partial charge on any atom is -0.425 e. The van der Waals surface area contributed by atoms with Crippen LogP contribution in [0.25, 0.3) is 11.1 Å². The minimum absolute atomic E-state index is 0.0177. The number of hydrogen-bond donors (Lipinski definition) is 1. The standard InChI is InChI=1S/C21H20ClF3N4O4/c22-13-5-6-16-15(9-13)26-20(31-16)27-17(30)10-1-3-11(4-2-10)18-28-29-19(32-18)12-7-14(8-12)33-21(23,24)25/h5-6,9-12,14H,1-4,7-8H2,(H,26,27,30). The summed E-state index contributed by atoms with van der Waals surface area (Å²) in [6.07, 6.45) is -2.45. The minimum atomic E-state index is -4.63. The molecular formula is C21H20ClF3N4O4. The summed E-state index contributed by atoms with van der Waals surface area (Å²) in [4.78, 5) is 16.9. The van der Waals surface area contributed by atoms with E-state index in [1.807, 2.05) is 0 Å². The smallest absolute Gasteiger partial charge is 0.425 e. The van der Waals surface area contributed by atoms with Crippen molar-refractivity contribution in [2.45, 2.75) is 62.8 Å². The third-order valence-corrected chi connectivity index (χ3v) is 6.46. The van der Waals surface area contributed by atoms with Crippen LogP contribution in [0.1, 0.15) is 62.1 Å². The number of carbonyl (C=O) groups excluding carboxylic acids is 1. The number of alkyl halides is 3. The van der Waals surface area contributed by atoms with E-state index in [0.717, 1.165) is 0 Å². The molecule has 2 aromatic heterocycles. The average molecular weight is 485 g/mol. The van der Waals surface area contributed by atoms with Crippen molar-refractivity contribution in [1.29, 1.82) is 0 Å². The van der Waals surface area contributed by atoms with E-state index in [4.69, 9.17) is 20.4 Å². The second-order valence-corrected chi connectivity index (χ2v) is 8.94. The first-order chi connectivity index (χ1) is 15.7. The zero-order chi connectivity index (χ0) is 23.2. The maximum atomic E-state index is 12.6. The number of fused-ring (bicyclic) bond motifs is 1. The van der Waals surface area contributed by atoms with Gasteiger partial charge in [0.25, 0.3) is 0 Å². The molecule has 1 N–H and O–H groups in total. The number of rotatable bonds is 5. The lowest BCUT2D eigenvalue weighted by Crippen LogP contribution is -2.34. The van der Waals surface area contributed by atoms with Gasteiger partial charge in [0.1, 0.15) is 5.52 Å². The normalized spacial score (nSPS) is 25.7. The fraction of sp³-hybridized carbons (Fsp3) is 0.524. The fourth-order valence-electron chi connectivity index (χ4n) is 4.39. The molecule has 1 amide bonds. The van der Waals surface area contributed by atoms with E-state index >= 15 is 0 Å². The number of nitrogens with zero attached hydrogens (tertiary/aromatic N) is 3. The lowest BCUT2D eigenvalue weighted by Gasteiger charge is -2.32. The highest BCUT2D eigenvalue weighted by Gasteiger charge is 2.42. The molecule has 2 fully saturated rings. The number of halogens is 4. The van der Waals surface area contributed by atoms with Crippen molar-refractivity contribution in [3.63, 3.8) is 0 Å². The Labute approximate surface area is 190 Å².